The van der Waals surface area contributed by atoms with Crippen LogP contribution in [0, 0.1) is 6.92 Å². The van der Waals surface area contributed by atoms with E-state index in [1.807, 2.05) is 6.07 Å². The van der Waals surface area contributed by atoms with Crippen LogP contribution in [0.15, 0.2) is 28.8 Å². The Morgan fingerprint density at radius 1 is 1.35 bits per heavy atom. The molecule has 7 nitrogen and oxygen atoms in total. The molecule has 0 unspecified atom stereocenters. The van der Waals surface area contributed by atoms with Gasteiger partial charge in [-0.05, 0) is 51.3 Å². The van der Waals surface area contributed by atoms with E-state index >= 15 is 0 Å². The molecule has 2 heterocycles. The van der Waals surface area contributed by atoms with Crippen LogP contribution in [0.2, 0.25) is 0 Å². The molecular weight excluding hydrogens is 332 g/mol. The van der Waals surface area contributed by atoms with Crippen LogP contribution in [0.25, 0.3) is 0 Å². The number of rotatable bonds is 5. The van der Waals surface area contributed by atoms with E-state index in [1.54, 1.807) is 25.1 Å². The van der Waals surface area contributed by atoms with E-state index in [2.05, 4.69) is 22.3 Å². The van der Waals surface area contributed by atoms with Gasteiger partial charge in [-0.2, -0.15) is 0 Å². The Labute approximate surface area is 152 Å². The first-order chi connectivity index (χ1) is 12.4. The molecule has 26 heavy (non-hydrogen) atoms. The van der Waals surface area contributed by atoms with Gasteiger partial charge in [0.15, 0.2) is 0 Å². The highest BCUT2D eigenvalue weighted by Crippen LogP contribution is 2.32. The van der Waals surface area contributed by atoms with Gasteiger partial charge in [0.2, 0.25) is 11.8 Å². The van der Waals surface area contributed by atoms with Crippen molar-refractivity contribution in [3.05, 3.63) is 41.3 Å². The molecular formula is C19H24N4O3. The molecule has 1 atom stereocenters. The summed E-state index contributed by atoms with van der Waals surface area (Å²) >= 11 is 0. The highest BCUT2D eigenvalue weighted by Gasteiger charge is 2.22. The molecule has 138 valence electrons. The van der Waals surface area contributed by atoms with E-state index in [9.17, 15) is 9.59 Å². The summed E-state index contributed by atoms with van der Waals surface area (Å²) < 4.78 is 5.10. The maximum absolute atomic E-state index is 12.5. The van der Waals surface area contributed by atoms with Crippen LogP contribution in [0.4, 0.5) is 11.4 Å². The quantitative estimate of drug-likeness (QED) is 0.857. The molecule has 3 rings (SSSR count). The molecule has 1 aliphatic heterocycles. The summed E-state index contributed by atoms with van der Waals surface area (Å²) in [6.07, 6.45) is 3.48. The van der Waals surface area contributed by atoms with Crippen LogP contribution in [0.1, 0.15) is 48.0 Å². The molecule has 0 radical (unpaired) electrons. The second-order valence-electron chi connectivity index (χ2n) is 6.79. The number of piperidine rings is 1. The molecule has 3 N–H and O–H groups in total. The zero-order valence-corrected chi connectivity index (χ0v) is 15.1. The number of carbonyl (C=O) groups is 2. The topological polar surface area (TPSA) is 101 Å². The number of hydrogen-bond donors (Lipinski definition) is 2. The summed E-state index contributed by atoms with van der Waals surface area (Å²) in [4.78, 5) is 26.3. The predicted octanol–water partition coefficient (Wildman–Crippen LogP) is 2.64. The fraction of sp³-hybridized carbons (Fsp3) is 0.421. The lowest BCUT2D eigenvalue weighted by molar-refractivity contribution is -0.115. The van der Waals surface area contributed by atoms with E-state index in [0.29, 0.717) is 23.1 Å². The van der Waals surface area contributed by atoms with Gasteiger partial charge in [-0.15, -0.1) is 0 Å². The molecule has 0 spiro atoms. The molecule has 0 aliphatic carbocycles. The Kier molecular flexibility index (Phi) is 5.25. The lowest BCUT2D eigenvalue weighted by Crippen LogP contribution is -2.38. The van der Waals surface area contributed by atoms with Crippen molar-refractivity contribution in [2.24, 2.45) is 5.73 Å². The number of hydrogen-bond acceptors (Lipinski definition) is 5. The van der Waals surface area contributed by atoms with Crippen molar-refractivity contribution in [2.75, 3.05) is 16.8 Å². The number of aryl methyl sites for hydroxylation is 1. The number of amides is 2. The van der Waals surface area contributed by atoms with Gasteiger partial charge < -0.3 is 20.5 Å². The van der Waals surface area contributed by atoms with E-state index in [0.717, 1.165) is 30.8 Å². The summed E-state index contributed by atoms with van der Waals surface area (Å²) in [6, 6.07) is 7.30. The zero-order chi connectivity index (χ0) is 18.7. The second kappa shape index (κ2) is 7.59. The Bertz CT molecular complexity index is 815. The lowest BCUT2D eigenvalue weighted by Gasteiger charge is -2.36. The normalized spacial score (nSPS) is 17.2. The fourth-order valence-electron chi connectivity index (χ4n) is 3.35. The summed E-state index contributed by atoms with van der Waals surface area (Å²) in [6.45, 7) is 4.89. The minimum atomic E-state index is -0.524. The van der Waals surface area contributed by atoms with Crippen molar-refractivity contribution in [1.82, 2.24) is 5.16 Å². The molecule has 2 amide bonds. The molecule has 1 saturated heterocycles. The van der Waals surface area contributed by atoms with Gasteiger partial charge in [-0.1, -0.05) is 5.16 Å². The number of primary amides is 1. The predicted molar refractivity (Wildman–Crippen MR) is 99.2 cm³/mol. The Morgan fingerprint density at radius 2 is 2.15 bits per heavy atom. The SMILES string of the molecule is Cc1cc(CC(=O)Nc2cc(C(N)=O)ccc2N2CCCC[C@@H]2C)on1. The van der Waals surface area contributed by atoms with Crippen molar-refractivity contribution in [3.8, 4) is 0 Å². The highest BCUT2D eigenvalue weighted by molar-refractivity contribution is 5.99. The number of nitrogens with one attached hydrogen (secondary N) is 1. The van der Waals surface area contributed by atoms with Gasteiger partial charge in [0, 0.05) is 24.2 Å². The average molecular weight is 356 g/mol. The summed E-state index contributed by atoms with van der Waals surface area (Å²) in [5, 5.41) is 6.70. The molecule has 1 aliphatic rings. The van der Waals surface area contributed by atoms with Gasteiger partial charge in [0.25, 0.3) is 0 Å². The molecule has 2 aromatic rings. The van der Waals surface area contributed by atoms with Crippen LogP contribution < -0.4 is 16.0 Å². The monoisotopic (exact) mass is 356 g/mol. The van der Waals surface area contributed by atoms with Gasteiger partial charge in [-0.3, -0.25) is 9.59 Å². The number of benzene rings is 1. The van der Waals surface area contributed by atoms with Crippen molar-refractivity contribution in [1.29, 1.82) is 0 Å². The van der Waals surface area contributed by atoms with Crippen molar-refractivity contribution in [3.63, 3.8) is 0 Å². The molecule has 1 aromatic heterocycles. The van der Waals surface area contributed by atoms with Crippen LogP contribution in [0.3, 0.4) is 0 Å². The Balaban J connectivity index is 1.85. The molecule has 1 fully saturated rings. The molecule has 1 aromatic carbocycles. The summed E-state index contributed by atoms with van der Waals surface area (Å²) in [7, 11) is 0. The van der Waals surface area contributed by atoms with Crippen molar-refractivity contribution in [2.45, 2.75) is 45.6 Å². The third-order valence-corrected chi connectivity index (χ3v) is 4.68. The van der Waals surface area contributed by atoms with Crippen LogP contribution in [-0.4, -0.2) is 29.6 Å². The maximum atomic E-state index is 12.5. The molecule has 0 saturated carbocycles. The van der Waals surface area contributed by atoms with Gasteiger partial charge in [-0.25, -0.2) is 0 Å². The number of aromatic nitrogens is 1. The van der Waals surface area contributed by atoms with Crippen molar-refractivity contribution < 1.29 is 14.1 Å². The van der Waals surface area contributed by atoms with Gasteiger partial charge >= 0.3 is 0 Å². The largest absolute Gasteiger partial charge is 0.367 e. The summed E-state index contributed by atoms with van der Waals surface area (Å²) in [5.74, 6) is -0.253. The lowest BCUT2D eigenvalue weighted by atomic mass is 10.0. The molecule has 7 heteroatoms. The highest BCUT2D eigenvalue weighted by atomic mass is 16.5. The minimum Gasteiger partial charge on any atom is -0.367 e. The van der Waals surface area contributed by atoms with E-state index in [-0.39, 0.29) is 12.3 Å². The van der Waals surface area contributed by atoms with Crippen LogP contribution >= 0.6 is 0 Å². The Morgan fingerprint density at radius 3 is 2.81 bits per heavy atom. The Hall–Kier alpha value is -2.83. The smallest absolute Gasteiger partial charge is 0.248 e. The number of anilines is 2. The number of nitrogens with zero attached hydrogens (tertiary/aromatic N) is 2. The van der Waals surface area contributed by atoms with Crippen molar-refractivity contribution >= 4 is 23.2 Å². The minimum absolute atomic E-state index is 0.0800. The first-order valence-electron chi connectivity index (χ1n) is 8.86. The number of nitrogens with two attached hydrogens (primary N) is 1. The van der Waals surface area contributed by atoms with Gasteiger partial charge in [0.1, 0.15) is 5.76 Å². The fourth-order valence-corrected chi connectivity index (χ4v) is 3.35. The van der Waals surface area contributed by atoms with Gasteiger partial charge in [0.05, 0.1) is 23.5 Å². The third-order valence-electron chi connectivity index (χ3n) is 4.68. The molecule has 0 bridgehead atoms. The van der Waals surface area contributed by atoms with Crippen LogP contribution in [0.5, 0.6) is 0 Å². The zero-order valence-electron chi connectivity index (χ0n) is 15.1. The first-order valence-corrected chi connectivity index (χ1v) is 8.86. The van der Waals surface area contributed by atoms with E-state index in [4.69, 9.17) is 10.3 Å². The van der Waals surface area contributed by atoms with E-state index < -0.39 is 5.91 Å². The standard InChI is InChI=1S/C19H24N4O3/c1-12-9-15(26-22-12)11-18(24)21-16-10-14(19(20)25)6-7-17(16)23-8-4-3-5-13(23)2/h6-7,9-10,13H,3-5,8,11H2,1-2H3,(H2,20,25)(H,21,24)/t13-/m0/s1. The second-order valence-corrected chi connectivity index (χ2v) is 6.79. The summed E-state index contributed by atoms with van der Waals surface area (Å²) in [5.41, 5.74) is 8.00. The first kappa shape index (κ1) is 18.0. The van der Waals surface area contributed by atoms with E-state index in [1.165, 1.54) is 6.42 Å². The maximum Gasteiger partial charge on any atom is 0.248 e. The third kappa shape index (κ3) is 4.04. The van der Waals surface area contributed by atoms with Crippen LogP contribution in [-0.2, 0) is 11.2 Å². The number of carbonyl (C=O) groups excluding carboxylic acids is 2. The average Bonchev–Trinajstić information content (AvgIpc) is 3.00.